The second-order valence-corrected chi connectivity index (χ2v) is 5.90. The lowest BCUT2D eigenvalue weighted by atomic mass is 10.1. The zero-order chi connectivity index (χ0) is 13.9. The van der Waals surface area contributed by atoms with E-state index in [0.717, 1.165) is 19.6 Å². The largest absolute Gasteiger partial charge is 0.343 e. The fraction of sp³-hybridized carbons (Fsp3) is 0.938. The maximum Gasteiger partial charge on any atom is 0.223 e. The Balaban J connectivity index is 2.00. The molecule has 1 aliphatic rings. The van der Waals surface area contributed by atoms with Gasteiger partial charge in [0.15, 0.2) is 0 Å². The number of unbranched alkanes of at least 4 members (excludes halogenated alkanes) is 3. The zero-order valence-corrected chi connectivity index (χ0v) is 12.9. The summed E-state index contributed by atoms with van der Waals surface area (Å²) in [6.45, 7) is 7.27. The average molecular weight is 268 g/mol. The normalized spacial score (nSPS) is 17.5. The highest BCUT2D eigenvalue weighted by Gasteiger charge is 2.15. The Morgan fingerprint density at radius 3 is 2.58 bits per heavy atom. The molecule has 1 unspecified atom stereocenters. The van der Waals surface area contributed by atoms with E-state index in [2.05, 4.69) is 19.2 Å². The lowest BCUT2D eigenvalue weighted by molar-refractivity contribution is -0.131. The van der Waals surface area contributed by atoms with Crippen LogP contribution in [0.4, 0.5) is 0 Å². The van der Waals surface area contributed by atoms with Crippen molar-refractivity contribution in [2.24, 2.45) is 0 Å². The van der Waals surface area contributed by atoms with Crippen LogP contribution in [0.5, 0.6) is 0 Å². The van der Waals surface area contributed by atoms with Gasteiger partial charge in [0.05, 0.1) is 0 Å². The van der Waals surface area contributed by atoms with Gasteiger partial charge < -0.3 is 10.2 Å². The van der Waals surface area contributed by atoms with Crippen molar-refractivity contribution in [2.45, 2.75) is 77.7 Å². The smallest absolute Gasteiger partial charge is 0.223 e. The minimum atomic E-state index is 0.338. The fourth-order valence-electron chi connectivity index (χ4n) is 2.71. The van der Waals surface area contributed by atoms with Gasteiger partial charge in [0.2, 0.25) is 5.91 Å². The van der Waals surface area contributed by atoms with Crippen LogP contribution in [0.3, 0.4) is 0 Å². The SMILES string of the molecule is CCCCCCC(C)NCCC(=O)N1CCCCC1. The van der Waals surface area contributed by atoms with Crippen molar-refractivity contribution in [1.82, 2.24) is 10.2 Å². The average Bonchev–Trinajstić information content (AvgIpc) is 2.44. The first-order valence-corrected chi connectivity index (χ1v) is 8.25. The minimum absolute atomic E-state index is 0.338. The number of likely N-dealkylation sites (tertiary alicyclic amines) is 1. The highest BCUT2D eigenvalue weighted by atomic mass is 16.2. The maximum atomic E-state index is 12.0. The second kappa shape index (κ2) is 10.2. The van der Waals surface area contributed by atoms with E-state index in [0.29, 0.717) is 18.4 Å². The number of rotatable bonds is 9. The zero-order valence-electron chi connectivity index (χ0n) is 12.9. The van der Waals surface area contributed by atoms with Gasteiger partial charge in [-0.15, -0.1) is 0 Å². The van der Waals surface area contributed by atoms with Crippen LogP contribution in [0.25, 0.3) is 0 Å². The monoisotopic (exact) mass is 268 g/mol. The third-order valence-corrected chi connectivity index (χ3v) is 4.03. The Morgan fingerprint density at radius 2 is 1.89 bits per heavy atom. The highest BCUT2D eigenvalue weighted by Crippen LogP contribution is 2.10. The van der Waals surface area contributed by atoms with Gasteiger partial charge in [0.1, 0.15) is 0 Å². The van der Waals surface area contributed by atoms with Crippen LogP contribution in [-0.2, 0) is 4.79 Å². The molecule has 1 saturated heterocycles. The molecular formula is C16H32N2O. The minimum Gasteiger partial charge on any atom is -0.343 e. The lowest BCUT2D eigenvalue weighted by Gasteiger charge is -2.27. The second-order valence-electron chi connectivity index (χ2n) is 5.90. The molecule has 0 aromatic carbocycles. The molecule has 1 amide bonds. The summed E-state index contributed by atoms with van der Waals surface area (Å²) in [5.41, 5.74) is 0. The van der Waals surface area contributed by atoms with Gasteiger partial charge in [0, 0.05) is 32.1 Å². The fourth-order valence-corrected chi connectivity index (χ4v) is 2.71. The van der Waals surface area contributed by atoms with Crippen LogP contribution in [-0.4, -0.2) is 36.5 Å². The Labute approximate surface area is 119 Å². The summed E-state index contributed by atoms with van der Waals surface area (Å²) in [5, 5.41) is 3.48. The molecule has 112 valence electrons. The van der Waals surface area contributed by atoms with Crippen molar-refractivity contribution in [3.63, 3.8) is 0 Å². The molecule has 0 saturated carbocycles. The van der Waals surface area contributed by atoms with E-state index < -0.39 is 0 Å². The van der Waals surface area contributed by atoms with Crippen LogP contribution < -0.4 is 5.32 Å². The molecule has 3 nitrogen and oxygen atoms in total. The molecular weight excluding hydrogens is 236 g/mol. The van der Waals surface area contributed by atoms with Crippen molar-refractivity contribution in [3.8, 4) is 0 Å². The molecule has 3 heteroatoms. The van der Waals surface area contributed by atoms with Gasteiger partial charge in [-0.05, 0) is 32.6 Å². The molecule has 0 aliphatic carbocycles. The summed E-state index contributed by atoms with van der Waals surface area (Å²) < 4.78 is 0. The van der Waals surface area contributed by atoms with Crippen molar-refractivity contribution in [1.29, 1.82) is 0 Å². The van der Waals surface area contributed by atoms with Gasteiger partial charge in [0.25, 0.3) is 0 Å². The number of hydrogen-bond donors (Lipinski definition) is 1. The summed E-state index contributed by atoms with van der Waals surface area (Å²) in [5.74, 6) is 0.338. The molecule has 0 aromatic heterocycles. The van der Waals surface area contributed by atoms with E-state index in [9.17, 15) is 4.79 Å². The van der Waals surface area contributed by atoms with E-state index in [-0.39, 0.29) is 0 Å². The Bertz CT molecular complexity index is 237. The molecule has 1 fully saturated rings. The summed E-state index contributed by atoms with van der Waals surface area (Å²) in [6, 6.07) is 0.547. The molecule has 1 heterocycles. The topological polar surface area (TPSA) is 32.3 Å². The van der Waals surface area contributed by atoms with Gasteiger partial charge in [-0.3, -0.25) is 4.79 Å². The van der Waals surface area contributed by atoms with Gasteiger partial charge >= 0.3 is 0 Å². The number of nitrogens with one attached hydrogen (secondary N) is 1. The molecule has 1 atom stereocenters. The number of carbonyl (C=O) groups excluding carboxylic acids is 1. The van der Waals surface area contributed by atoms with Crippen molar-refractivity contribution >= 4 is 5.91 Å². The molecule has 0 spiro atoms. The molecule has 1 aliphatic heterocycles. The molecule has 1 rings (SSSR count). The first kappa shape index (κ1) is 16.5. The molecule has 19 heavy (non-hydrogen) atoms. The number of carbonyl (C=O) groups is 1. The molecule has 0 radical (unpaired) electrons. The standard InChI is InChI=1S/C16H32N2O/c1-3-4-5-7-10-15(2)17-12-11-16(19)18-13-8-6-9-14-18/h15,17H,3-14H2,1-2H3. The molecule has 1 N–H and O–H groups in total. The number of piperidine rings is 1. The summed E-state index contributed by atoms with van der Waals surface area (Å²) in [6.07, 6.45) is 10.9. The third kappa shape index (κ3) is 7.56. The summed E-state index contributed by atoms with van der Waals surface area (Å²) >= 11 is 0. The molecule has 0 aromatic rings. The first-order chi connectivity index (χ1) is 9.24. The van der Waals surface area contributed by atoms with E-state index in [4.69, 9.17) is 0 Å². The number of nitrogens with zero attached hydrogens (tertiary/aromatic N) is 1. The van der Waals surface area contributed by atoms with Crippen LogP contribution in [0.1, 0.15) is 71.6 Å². The maximum absolute atomic E-state index is 12.0. The van der Waals surface area contributed by atoms with E-state index >= 15 is 0 Å². The van der Waals surface area contributed by atoms with E-state index in [1.807, 2.05) is 4.90 Å². The van der Waals surface area contributed by atoms with Crippen LogP contribution in [0.2, 0.25) is 0 Å². The quantitative estimate of drug-likeness (QED) is 0.651. The third-order valence-electron chi connectivity index (χ3n) is 4.03. The predicted molar refractivity (Wildman–Crippen MR) is 81.3 cm³/mol. The highest BCUT2D eigenvalue weighted by molar-refractivity contribution is 5.76. The van der Waals surface area contributed by atoms with Crippen LogP contribution in [0.15, 0.2) is 0 Å². The van der Waals surface area contributed by atoms with Crippen molar-refractivity contribution in [2.75, 3.05) is 19.6 Å². The Hall–Kier alpha value is -0.570. The van der Waals surface area contributed by atoms with E-state index in [1.165, 1.54) is 51.4 Å². The Kier molecular flexibility index (Phi) is 8.89. The first-order valence-electron chi connectivity index (χ1n) is 8.25. The van der Waals surface area contributed by atoms with Gasteiger partial charge in [-0.1, -0.05) is 32.6 Å². The Morgan fingerprint density at radius 1 is 1.16 bits per heavy atom. The predicted octanol–water partition coefficient (Wildman–Crippen LogP) is 3.34. The number of amides is 1. The van der Waals surface area contributed by atoms with Gasteiger partial charge in [-0.2, -0.15) is 0 Å². The summed E-state index contributed by atoms with van der Waals surface area (Å²) in [4.78, 5) is 14.0. The van der Waals surface area contributed by atoms with Crippen LogP contribution >= 0.6 is 0 Å². The summed E-state index contributed by atoms with van der Waals surface area (Å²) in [7, 11) is 0. The van der Waals surface area contributed by atoms with Crippen LogP contribution in [0, 0.1) is 0 Å². The van der Waals surface area contributed by atoms with Crippen molar-refractivity contribution < 1.29 is 4.79 Å². The number of hydrogen-bond acceptors (Lipinski definition) is 2. The lowest BCUT2D eigenvalue weighted by Crippen LogP contribution is -2.38. The van der Waals surface area contributed by atoms with Gasteiger partial charge in [-0.25, -0.2) is 0 Å². The van der Waals surface area contributed by atoms with Crippen molar-refractivity contribution in [3.05, 3.63) is 0 Å². The van der Waals surface area contributed by atoms with E-state index in [1.54, 1.807) is 0 Å². The molecule has 0 bridgehead atoms.